The molecule has 0 unspecified atom stereocenters. The van der Waals surface area contributed by atoms with Crippen molar-refractivity contribution in [2.75, 3.05) is 14.1 Å². The average molecular weight is 466 g/mol. The molecule has 0 heterocycles. The van der Waals surface area contributed by atoms with Gasteiger partial charge in [-0.1, -0.05) is 120 Å². The Hall–Kier alpha value is -2.91. The fourth-order valence-corrected chi connectivity index (χ4v) is 2.89. The van der Waals surface area contributed by atoms with Crippen molar-refractivity contribution in [2.24, 2.45) is 10.2 Å². The van der Waals surface area contributed by atoms with Crippen LogP contribution in [0.3, 0.4) is 0 Å². The molecule has 178 valence electrons. The van der Waals surface area contributed by atoms with Gasteiger partial charge in [0.25, 0.3) is 0 Å². The van der Waals surface area contributed by atoms with Gasteiger partial charge in [0.1, 0.15) is 0 Å². The molecule has 0 saturated carbocycles. The monoisotopic (exact) mass is 465 g/mol. The number of amidine groups is 1. The van der Waals surface area contributed by atoms with Crippen LogP contribution in [0.2, 0.25) is 5.02 Å². The molecule has 0 bridgehead atoms. The minimum absolute atomic E-state index is 0.595. The molecule has 3 nitrogen and oxygen atoms in total. The van der Waals surface area contributed by atoms with Gasteiger partial charge in [-0.25, -0.2) is 0 Å². The average Bonchev–Trinajstić information content (AvgIpc) is 2.86. The molecule has 3 rings (SSSR count). The molecule has 4 heteroatoms. The number of benzene rings is 3. The van der Waals surface area contributed by atoms with E-state index in [2.05, 4.69) is 67.2 Å². The zero-order chi connectivity index (χ0) is 25.2. The van der Waals surface area contributed by atoms with Crippen LogP contribution < -0.4 is 0 Å². The number of hydrogen-bond donors (Lipinski definition) is 0. The Morgan fingerprint density at radius 3 is 1.67 bits per heavy atom. The van der Waals surface area contributed by atoms with E-state index in [9.17, 15) is 0 Å². The van der Waals surface area contributed by atoms with Gasteiger partial charge in [-0.05, 0) is 34.7 Å². The summed E-state index contributed by atoms with van der Waals surface area (Å²) >= 11 is 5.72. The summed E-state index contributed by atoms with van der Waals surface area (Å²) in [5.41, 5.74) is 4.76. The Balaban J connectivity index is 0.000000617. The second-order valence-electron chi connectivity index (χ2n) is 7.11. The third-order valence-corrected chi connectivity index (χ3v) is 4.63. The van der Waals surface area contributed by atoms with Crippen molar-refractivity contribution >= 4 is 24.2 Å². The summed E-state index contributed by atoms with van der Waals surface area (Å²) in [6.07, 6.45) is 0. The van der Waals surface area contributed by atoms with Gasteiger partial charge in [-0.3, -0.25) is 0 Å². The Morgan fingerprint density at radius 1 is 0.758 bits per heavy atom. The third-order valence-electron chi connectivity index (χ3n) is 4.38. The largest absolute Gasteiger partial charge is 0.361 e. The molecule has 0 aliphatic rings. The molecule has 0 radical (unpaired) electrons. The maximum absolute atomic E-state index is 5.72. The first-order valence-corrected chi connectivity index (χ1v) is 11.9. The molecule has 0 aromatic heterocycles. The maximum Gasteiger partial charge on any atom is 0.157 e. The number of halogens is 1. The lowest BCUT2D eigenvalue weighted by atomic mass is 10.0. The molecule has 0 spiro atoms. The quantitative estimate of drug-likeness (QED) is 0.215. The van der Waals surface area contributed by atoms with E-state index >= 15 is 0 Å². The fraction of sp³-hybridized carbons (Fsp3) is 0.310. The van der Waals surface area contributed by atoms with Gasteiger partial charge in [0.05, 0.1) is 0 Å². The van der Waals surface area contributed by atoms with Crippen LogP contribution >= 0.6 is 11.6 Å². The van der Waals surface area contributed by atoms with Gasteiger partial charge in [0.2, 0.25) is 0 Å². The second-order valence-corrected chi connectivity index (χ2v) is 7.55. The molecule has 0 N–H and O–H groups in total. The van der Waals surface area contributed by atoms with Crippen LogP contribution in [0.1, 0.15) is 58.6 Å². The van der Waals surface area contributed by atoms with Gasteiger partial charge in [0.15, 0.2) is 5.84 Å². The Morgan fingerprint density at radius 2 is 1.24 bits per heavy atom. The first-order chi connectivity index (χ1) is 15.9. The van der Waals surface area contributed by atoms with Crippen molar-refractivity contribution in [1.29, 1.82) is 0 Å². The molecule has 0 aliphatic heterocycles. The molecule has 0 saturated heterocycles. The van der Waals surface area contributed by atoms with Gasteiger partial charge in [-0.2, -0.15) is 5.10 Å². The summed E-state index contributed by atoms with van der Waals surface area (Å²) in [5, 5.41) is 8.47. The zero-order valence-electron chi connectivity index (χ0n) is 21.5. The summed E-state index contributed by atoms with van der Waals surface area (Å²) < 4.78 is 0. The highest BCUT2D eigenvalue weighted by Crippen LogP contribution is 2.20. The second kappa shape index (κ2) is 17.6. The third kappa shape index (κ3) is 11.0. The summed E-state index contributed by atoms with van der Waals surface area (Å²) in [5.74, 6) is 1.40. The van der Waals surface area contributed by atoms with Crippen molar-refractivity contribution in [2.45, 2.75) is 47.5 Å². The lowest BCUT2D eigenvalue weighted by Crippen LogP contribution is -2.22. The standard InChI is InChI=1S/C16H17N3.C9H11Cl.2C2H6/c1-17-18-16(19(2)3)15-11-9-14(10-12-15)13-7-5-4-6-8-13;1-7(2)8-3-5-9(10)6-4-8;2*1-2/h4-12H,1H2,2-3H3;3-7H,1-2H3;2*1-2H3/b18-16-;;;. The molecule has 0 atom stereocenters. The maximum atomic E-state index is 5.72. The normalized spacial score (nSPS) is 9.94. The molecule has 33 heavy (non-hydrogen) atoms. The number of rotatable bonds is 4. The predicted molar refractivity (Wildman–Crippen MR) is 150 cm³/mol. The van der Waals surface area contributed by atoms with Crippen molar-refractivity contribution in [3.63, 3.8) is 0 Å². The van der Waals surface area contributed by atoms with E-state index in [1.807, 2.05) is 89.2 Å². The van der Waals surface area contributed by atoms with E-state index in [1.54, 1.807) is 0 Å². The molecule has 3 aromatic rings. The molecular formula is C29H40ClN3. The van der Waals surface area contributed by atoms with Crippen LogP contribution in [0.5, 0.6) is 0 Å². The number of hydrogen-bond acceptors (Lipinski definition) is 2. The van der Waals surface area contributed by atoms with Gasteiger partial charge < -0.3 is 4.90 Å². The minimum Gasteiger partial charge on any atom is -0.361 e. The molecule has 0 fully saturated rings. The van der Waals surface area contributed by atoms with Crippen LogP contribution in [0, 0.1) is 0 Å². The highest BCUT2D eigenvalue weighted by atomic mass is 35.5. The lowest BCUT2D eigenvalue weighted by Gasteiger charge is -2.14. The molecule has 0 amide bonds. The van der Waals surface area contributed by atoms with Gasteiger partial charge in [0, 0.05) is 31.4 Å². The van der Waals surface area contributed by atoms with E-state index in [0.29, 0.717) is 5.92 Å². The molecular weight excluding hydrogens is 426 g/mol. The van der Waals surface area contributed by atoms with E-state index in [-0.39, 0.29) is 0 Å². The SMILES string of the molecule is C=N/N=C(/c1ccc(-c2ccccc2)cc1)N(C)C.CC.CC.CC(C)c1ccc(Cl)cc1. The van der Waals surface area contributed by atoms with E-state index < -0.39 is 0 Å². The van der Waals surface area contributed by atoms with E-state index in [1.165, 1.54) is 16.7 Å². The zero-order valence-corrected chi connectivity index (χ0v) is 22.3. The van der Waals surface area contributed by atoms with Gasteiger partial charge >= 0.3 is 0 Å². The van der Waals surface area contributed by atoms with Crippen LogP contribution in [0.15, 0.2) is 89.1 Å². The summed E-state index contributed by atoms with van der Waals surface area (Å²) in [6, 6.07) is 26.5. The fourth-order valence-electron chi connectivity index (χ4n) is 2.76. The van der Waals surface area contributed by atoms with Crippen molar-refractivity contribution in [1.82, 2.24) is 4.90 Å². The van der Waals surface area contributed by atoms with Crippen molar-refractivity contribution < 1.29 is 0 Å². The van der Waals surface area contributed by atoms with Crippen LogP contribution in [-0.4, -0.2) is 31.5 Å². The van der Waals surface area contributed by atoms with Crippen LogP contribution in [0.4, 0.5) is 0 Å². The molecule has 3 aromatic carbocycles. The minimum atomic E-state index is 0.595. The summed E-state index contributed by atoms with van der Waals surface area (Å²) in [4.78, 5) is 1.92. The first-order valence-electron chi connectivity index (χ1n) is 11.5. The van der Waals surface area contributed by atoms with E-state index in [0.717, 1.165) is 16.4 Å². The van der Waals surface area contributed by atoms with Crippen LogP contribution in [0.25, 0.3) is 11.1 Å². The molecule has 0 aliphatic carbocycles. The van der Waals surface area contributed by atoms with Gasteiger partial charge in [-0.15, -0.1) is 5.10 Å². The number of nitrogens with zero attached hydrogens (tertiary/aromatic N) is 3. The highest BCUT2D eigenvalue weighted by Gasteiger charge is 2.06. The van der Waals surface area contributed by atoms with Crippen molar-refractivity contribution in [3.8, 4) is 11.1 Å². The Bertz CT molecular complexity index is 913. The first kappa shape index (κ1) is 30.1. The predicted octanol–water partition coefficient (Wildman–Crippen LogP) is 8.79. The topological polar surface area (TPSA) is 28.0 Å². The lowest BCUT2D eigenvalue weighted by molar-refractivity contribution is 0.620. The Labute approximate surface area is 206 Å². The Kier molecular flexibility index (Phi) is 16.1. The van der Waals surface area contributed by atoms with E-state index in [4.69, 9.17) is 11.6 Å². The van der Waals surface area contributed by atoms with Crippen LogP contribution in [-0.2, 0) is 0 Å². The highest BCUT2D eigenvalue weighted by molar-refractivity contribution is 6.30. The van der Waals surface area contributed by atoms with Crippen molar-refractivity contribution in [3.05, 3.63) is 95.0 Å². The summed E-state index contributed by atoms with van der Waals surface area (Å²) in [7, 11) is 3.88. The summed E-state index contributed by atoms with van der Waals surface area (Å²) in [6.45, 7) is 15.7. The smallest absolute Gasteiger partial charge is 0.157 e.